The van der Waals surface area contributed by atoms with Crippen molar-refractivity contribution in [2.45, 2.75) is 70.8 Å². The van der Waals surface area contributed by atoms with E-state index in [1.165, 1.54) is 17.3 Å². The third-order valence-electron chi connectivity index (χ3n) is 9.04. The molecule has 4 nitrogen and oxygen atoms in total. The predicted octanol–water partition coefficient (Wildman–Crippen LogP) is 3.54. The highest BCUT2D eigenvalue weighted by Gasteiger charge is 2.65. The molecule has 0 unspecified atom stereocenters. The average molecular weight is 407 g/mol. The van der Waals surface area contributed by atoms with Crippen LogP contribution in [0, 0.1) is 28.6 Å². The second kappa shape index (κ2) is 7.24. The SMILES string of the molecule is C[C@]12CCC(=O)C=C1CC[C@H]1[C@H]3CC[C@](O)(C(=O)CSCCO)[C@@]3(C)CC[C@@H]12. The van der Waals surface area contributed by atoms with E-state index in [9.17, 15) is 14.7 Å². The molecule has 4 aliphatic rings. The van der Waals surface area contributed by atoms with Gasteiger partial charge in [0.05, 0.1) is 12.4 Å². The first-order chi connectivity index (χ1) is 13.3. The zero-order valence-electron chi connectivity index (χ0n) is 17.2. The molecular formula is C23H34O4S. The Bertz CT molecular complexity index is 703. The number of Topliss-reactive ketones (excluding diaryl/α,β-unsaturated/α-hetero) is 1. The molecule has 3 fully saturated rings. The first-order valence-corrected chi connectivity index (χ1v) is 12.1. The topological polar surface area (TPSA) is 74.6 Å². The minimum absolute atomic E-state index is 0.0414. The number of aliphatic hydroxyl groups is 2. The lowest BCUT2D eigenvalue weighted by Gasteiger charge is -2.58. The van der Waals surface area contributed by atoms with E-state index in [1.54, 1.807) is 0 Å². The predicted molar refractivity (Wildman–Crippen MR) is 111 cm³/mol. The molecule has 156 valence electrons. The molecule has 0 heterocycles. The normalized spacial score (nSPS) is 45.1. The summed E-state index contributed by atoms with van der Waals surface area (Å²) in [6, 6.07) is 0. The number of aliphatic hydroxyl groups excluding tert-OH is 1. The van der Waals surface area contributed by atoms with Crippen molar-refractivity contribution in [3.63, 3.8) is 0 Å². The van der Waals surface area contributed by atoms with E-state index in [1.807, 2.05) is 6.08 Å². The summed E-state index contributed by atoms with van der Waals surface area (Å²) in [4.78, 5) is 24.9. The second-order valence-electron chi connectivity index (χ2n) is 10.0. The Morgan fingerprint density at radius 2 is 1.89 bits per heavy atom. The Morgan fingerprint density at radius 3 is 2.64 bits per heavy atom. The van der Waals surface area contributed by atoms with Gasteiger partial charge in [-0.1, -0.05) is 19.4 Å². The molecule has 3 saturated carbocycles. The van der Waals surface area contributed by atoms with Crippen LogP contribution in [0.4, 0.5) is 0 Å². The summed E-state index contributed by atoms with van der Waals surface area (Å²) in [5, 5.41) is 20.5. The molecule has 0 radical (unpaired) electrons. The van der Waals surface area contributed by atoms with Crippen LogP contribution in [0.25, 0.3) is 0 Å². The molecular weight excluding hydrogens is 372 g/mol. The van der Waals surface area contributed by atoms with Crippen LogP contribution in [0.15, 0.2) is 11.6 Å². The highest BCUT2D eigenvalue weighted by Crippen LogP contribution is 2.67. The lowest BCUT2D eigenvalue weighted by atomic mass is 9.46. The molecule has 2 N–H and O–H groups in total. The van der Waals surface area contributed by atoms with Gasteiger partial charge in [0.2, 0.25) is 0 Å². The maximum Gasteiger partial charge on any atom is 0.174 e. The second-order valence-corrected chi connectivity index (χ2v) is 11.1. The summed E-state index contributed by atoms with van der Waals surface area (Å²) < 4.78 is 0. The number of fused-ring (bicyclic) bond motifs is 5. The fourth-order valence-corrected chi connectivity index (χ4v) is 8.08. The molecule has 0 aromatic heterocycles. The van der Waals surface area contributed by atoms with Gasteiger partial charge < -0.3 is 10.2 Å². The summed E-state index contributed by atoms with van der Waals surface area (Å²) in [5.41, 5.74) is -0.0734. The van der Waals surface area contributed by atoms with Gasteiger partial charge in [0.1, 0.15) is 5.60 Å². The molecule has 0 saturated heterocycles. The molecule has 0 aliphatic heterocycles. The Balaban J connectivity index is 1.58. The minimum atomic E-state index is -1.22. The zero-order valence-corrected chi connectivity index (χ0v) is 18.0. The summed E-state index contributed by atoms with van der Waals surface area (Å²) in [6.07, 6.45) is 9.07. The number of carbonyl (C=O) groups excluding carboxylic acids is 2. The van der Waals surface area contributed by atoms with Crippen molar-refractivity contribution in [3.8, 4) is 0 Å². The maximum absolute atomic E-state index is 13.0. The zero-order chi connectivity index (χ0) is 20.2. The standard InChI is InChI=1S/C23H34O4S/c1-21-8-5-16(25)13-15(21)3-4-17-18(21)6-9-22(2)19(17)7-10-23(22,27)20(26)14-28-12-11-24/h13,17-19,24,27H,3-12,14H2,1-2H3/t17-,18+,19-,21+,22+,23+/m1/s1. The van der Waals surface area contributed by atoms with Gasteiger partial charge in [0, 0.05) is 17.6 Å². The number of thioether (sulfide) groups is 1. The number of hydrogen-bond donors (Lipinski definition) is 2. The van der Waals surface area contributed by atoms with Crippen molar-refractivity contribution < 1.29 is 19.8 Å². The van der Waals surface area contributed by atoms with Gasteiger partial charge in [-0.05, 0) is 74.2 Å². The van der Waals surface area contributed by atoms with Crippen molar-refractivity contribution in [2.75, 3.05) is 18.1 Å². The quantitative estimate of drug-likeness (QED) is 0.683. The van der Waals surface area contributed by atoms with Crippen LogP contribution in [0.1, 0.15) is 65.2 Å². The summed E-state index contributed by atoms with van der Waals surface area (Å²) in [6.45, 7) is 4.59. The highest BCUT2D eigenvalue weighted by atomic mass is 32.2. The van der Waals surface area contributed by atoms with Gasteiger partial charge in [0.25, 0.3) is 0 Å². The third-order valence-corrected chi connectivity index (χ3v) is 9.98. The van der Waals surface area contributed by atoms with E-state index in [2.05, 4.69) is 13.8 Å². The summed E-state index contributed by atoms with van der Waals surface area (Å²) in [7, 11) is 0. The largest absolute Gasteiger partial charge is 0.396 e. The maximum atomic E-state index is 13.0. The van der Waals surface area contributed by atoms with E-state index in [0.29, 0.717) is 42.1 Å². The molecule has 0 amide bonds. The summed E-state index contributed by atoms with van der Waals surface area (Å²) in [5.74, 6) is 2.58. The van der Waals surface area contributed by atoms with Crippen molar-refractivity contribution in [2.24, 2.45) is 28.6 Å². The van der Waals surface area contributed by atoms with Crippen LogP contribution < -0.4 is 0 Å². The number of ketones is 2. The van der Waals surface area contributed by atoms with Crippen molar-refractivity contribution >= 4 is 23.3 Å². The first kappa shape index (κ1) is 20.6. The van der Waals surface area contributed by atoms with E-state index >= 15 is 0 Å². The number of hydrogen-bond acceptors (Lipinski definition) is 5. The van der Waals surface area contributed by atoms with E-state index in [0.717, 1.165) is 38.5 Å². The average Bonchev–Trinajstić information content (AvgIpc) is 2.95. The smallest absolute Gasteiger partial charge is 0.174 e. The molecule has 0 spiro atoms. The van der Waals surface area contributed by atoms with Crippen LogP contribution in [-0.2, 0) is 9.59 Å². The van der Waals surface area contributed by atoms with Gasteiger partial charge in [-0.2, -0.15) is 11.8 Å². The Morgan fingerprint density at radius 1 is 1.14 bits per heavy atom. The summed E-state index contributed by atoms with van der Waals surface area (Å²) >= 11 is 1.42. The molecule has 4 aliphatic carbocycles. The molecule has 4 rings (SSSR count). The van der Waals surface area contributed by atoms with Crippen LogP contribution in [0.3, 0.4) is 0 Å². The molecule has 5 heteroatoms. The molecule has 0 aromatic rings. The molecule has 0 aromatic carbocycles. The van der Waals surface area contributed by atoms with Gasteiger partial charge in [0.15, 0.2) is 11.6 Å². The van der Waals surface area contributed by atoms with Gasteiger partial charge in [-0.15, -0.1) is 0 Å². The molecule has 0 bridgehead atoms. The fourth-order valence-electron chi connectivity index (χ4n) is 7.38. The highest BCUT2D eigenvalue weighted by molar-refractivity contribution is 7.99. The lowest BCUT2D eigenvalue weighted by molar-refractivity contribution is -0.159. The van der Waals surface area contributed by atoms with Crippen molar-refractivity contribution in [1.82, 2.24) is 0 Å². The number of carbonyl (C=O) groups is 2. The Labute approximate surface area is 172 Å². The van der Waals surface area contributed by atoms with E-state index in [-0.39, 0.29) is 29.0 Å². The van der Waals surface area contributed by atoms with Crippen molar-refractivity contribution in [1.29, 1.82) is 0 Å². The van der Waals surface area contributed by atoms with E-state index < -0.39 is 5.60 Å². The number of rotatable bonds is 5. The molecule has 6 atom stereocenters. The lowest BCUT2D eigenvalue weighted by Crippen LogP contribution is -2.58. The van der Waals surface area contributed by atoms with E-state index in [4.69, 9.17) is 5.11 Å². The fraction of sp³-hybridized carbons (Fsp3) is 0.826. The van der Waals surface area contributed by atoms with Gasteiger partial charge in [-0.25, -0.2) is 0 Å². The first-order valence-electron chi connectivity index (χ1n) is 10.9. The Hall–Kier alpha value is -0.650. The minimum Gasteiger partial charge on any atom is -0.396 e. The van der Waals surface area contributed by atoms with Crippen LogP contribution in [-0.4, -0.2) is 45.5 Å². The third kappa shape index (κ3) is 2.87. The van der Waals surface area contributed by atoms with Crippen LogP contribution in [0.2, 0.25) is 0 Å². The monoisotopic (exact) mass is 406 g/mol. The van der Waals surface area contributed by atoms with Crippen molar-refractivity contribution in [3.05, 3.63) is 11.6 Å². The Kier molecular flexibility index (Phi) is 5.33. The number of allylic oxidation sites excluding steroid dienone is 1. The molecule has 28 heavy (non-hydrogen) atoms. The van der Waals surface area contributed by atoms with Gasteiger partial charge >= 0.3 is 0 Å². The van der Waals surface area contributed by atoms with Gasteiger partial charge in [-0.3, -0.25) is 9.59 Å². The van der Waals surface area contributed by atoms with Crippen LogP contribution >= 0.6 is 11.8 Å². The van der Waals surface area contributed by atoms with Crippen LogP contribution in [0.5, 0.6) is 0 Å².